The van der Waals surface area contributed by atoms with Crippen LogP contribution < -0.4 is 0 Å². The van der Waals surface area contributed by atoms with Crippen molar-refractivity contribution in [3.8, 4) is 0 Å². The third-order valence-corrected chi connectivity index (χ3v) is 3.68. The minimum atomic E-state index is 0.935. The second-order valence-electron chi connectivity index (χ2n) is 4.67. The Bertz CT molecular complexity index is 242. The van der Waals surface area contributed by atoms with Crippen molar-refractivity contribution in [2.24, 2.45) is 11.8 Å². The van der Waals surface area contributed by atoms with Gasteiger partial charge in [0.15, 0.2) is 0 Å². The van der Waals surface area contributed by atoms with Gasteiger partial charge in [-0.05, 0) is 36.8 Å². The van der Waals surface area contributed by atoms with E-state index in [2.05, 4.69) is 36.0 Å². The van der Waals surface area contributed by atoms with E-state index in [1.807, 2.05) is 0 Å². The molecule has 0 N–H and O–H groups in total. The van der Waals surface area contributed by atoms with Crippen molar-refractivity contribution in [3.63, 3.8) is 0 Å². The van der Waals surface area contributed by atoms with E-state index >= 15 is 0 Å². The Hall–Kier alpha value is -0.720. The maximum Gasteiger partial charge on any atom is 0.0247 e. The highest BCUT2D eigenvalue weighted by atomic mass is 14.9. The van der Waals surface area contributed by atoms with Crippen LogP contribution in [0.2, 0.25) is 0 Å². The normalized spacial score (nSPS) is 27.8. The quantitative estimate of drug-likeness (QED) is 0.686. The lowest BCUT2D eigenvalue weighted by molar-refractivity contribution is 0.248. The zero-order valence-electron chi connectivity index (χ0n) is 9.15. The number of rotatable bonds is 3. The smallest absolute Gasteiger partial charge is 0.0247 e. The van der Waals surface area contributed by atoms with Gasteiger partial charge in [0.05, 0.1) is 0 Å². The van der Waals surface area contributed by atoms with Gasteiger partial charge in [0, 0.05) is 18.9 Å². The SMILES string of the molecule is CCC1CCC(Cn2cccc2)CC1. The Labute approximate surface area is 87.1 Å². The lowest BCUT2D eigenvalue weighted by atomic mass is 9.81. The van der Waals surface area contributed by atoms with Crippen LogP contribution in [0.3, 0.4) is 0 Å². The van der Waals surface area contributed by atoms with Gasteiger partial charge < -0.3 is 4.57 Å². The minimum absolute atomic E-state index is 0.935. The van der Waals surface area contributed by atoms with E-state index in [4.69, 9.17) is 0 Å². The maximum atomic E-state index is 2.33. The Kier molecular flexibility index (Phi) is 3.28. The first-order chi connectivity index (χ1) is 6.88. The molecule has 1 aromatic rings. The van der Waals surface area contributed by atoms with Crippen LogP contribution in [0.5, 0.6) is 0 Å². The van der Waals surface area contributed by atoms with Gasteiger partial charge in [-0.25, -0.2) is 0 Å². The number of hydrogen-bond acceptors (Lipinski definition) is 0. The van der Waals surface area contributed by atoms with Crippen LogP contribution >= 0.6 is 0 Å². The van der Waals surface area contributed by atoms with Crippen molar-refractivity contribution in [1.82, 2.24) is 4.57 Å². The summed E-state index contributed by atoms with van der Waals surface area (Å²) in [6.07, 6.45) is 11.6. The zero-order chi connectivity index (χ0) is 9.80. The van der Waals surface area contributed by atoms with Crippen LogP contribution in [0.15, 0.2) is 24.5 Å². The summed E-state index contributed by atoms with van der Waals surface area (Å²) in [5, 5.41) is 0. The first-order valence-corrected chi connectivity index (χ1v) is 5.99. The summed E-state index contributed by atoms with van der Waals surface area (Å²) in [5.74, 6) is 1.96. The van der Waals surface area contributed by atoms with Crippen LogP contribution in [-0.2, 0) is 6.54 Å². The molecule has 0 aliphatic heterocycles. The van der Waals surface area contributed by atoms with Crippen molar-refractivity contribution in [2.75, 3.05) is 0 Å². The van der Waals surface area contributed by atoms with Gasteiger partial charge in [0.2, 0.25) is 0 Å². The van der Waals surface area contributed by atoms with E-state index in [-0.39, 0.29) is 0 Å². The molecule has 0 bridgehead atoms. The van der Waals surface area contributed by atoms with E-state index in [1.165, 1.54) is 38.6 Å². The Morgan fingerprint density at radius 3 is 2.14 bits per heavy atom. The average molecular weight is 191 g/mol. The van der Waals surface area contributed by atoms with Gasteiger partial charge in [-0.3, -0.25) is 0 Å². The number of hydrogen-bond donors (Lipinski definition) is 0. The molecule has 0 atom stereocenters. The topological polar surface area (TPSA) is 4.93 Å². The predicted molar refractivity (Wildman–Crippen MR) is 60.2 cm³/mol. The molecule has 1 saturated carbocycles. The number of aromatic nitrogens is 1. The van der Waals surface area contributed by atoms with Crippen LogP contribution in [0.4, 0.5) is 0 Å². The second-order valence-corrected chi connectivity index (χ2v) is 4.67. The molecule has 0 spiro atoms. The summed E-state index contributed by atoms with van der Waals surface area (Å²) < 4.78 is 2.33. The van der Waals surface area contributed by atoms with Crippen molar-refractivity contribution < 1.29 is 0 Å². The monoisotopic (exact) mass is 191 g/mol. The van der Waals surface area contributed by atoms with Crippen LogP contribution in [0, 0.1) is 11.8 Å². The molecule has 0 radical (unpaired) electrons. The summed E-state index contributed by atoms with van der Waals surface area (Å²) in [4.78, 5) is 0. The molecule has 0 aromatic carbocycles. The highest BCUT2D eigenvalue weighted by Gasteiger charge is 2.19. The van der Waals surface area contributed by atoms with Gasteiger partial charge in [-0.15, -0.1) is 0 Å². The predicted octanol–water partition coefficient (Wildman–Crippen LogP) is 3.70. The van der Waals surface area contributed by atoms with E-state index in [0.717, 1.165) is 11.8 Å². The fourth-order valence-electron chi connectivity index (χ4n) is 2.61. The second kappa shape index (κ2) is 4.68. The third-order valence-electron chi connectivity index (χ3n) is 3.68. The Morgan fingerprint density at radius 2 is 1.57 bits per heavy atom. The van der Waals surface area contributed by atoms with Crippen molar-refractivity contribution in [2.45, 2.75) is 45.6 Å². The molecule has 1 aliphatic rings. The molecular weight excluding hydrogens is 170 g/mol. The largest absolute Gasteiger partial charge is 0.354 e. The standard InChI is InChI=1S/C13H21N/c1-2-12-5-7-13(8-6-12)11-14-9-3-4-10-14/h3-4,9-10,12-13H,2,5-8,11H2,1H3. The van der Waals surface area contributed by atoms with Crippen molar-refractivity contribution >= 4 is 0 Å². The highest BCUT2D eigenvalue weighted by molar-refractivity contribution is 4.91. The summed E-state index contributed by atoms with van der Waals surface area (Å²) in [6, 6.07) is 4.25. The summed E-state index contributed by atoms with van der Waals surface area (Å²) in [5.41, 5.74) is 0. The number of nitrogens with zero attached hydrogens (tertiary/aromatic N) is 1. The minimum Gasteiger partial charge on any atom is -0.354 e. The average Bonchev–Trinajstić information content (AvgIpc) is 2.72. The van der Waals surface area contributed by atoms with Crippen LogP contribution in [0.1, 0.15) is 39.0 Å². The molecule has 1 aliphatic carbocycles. The molecule has 0 amide bonds. The lowest BCUT2D eigenvalue weighted by Crippen LogP contribution is -2.18. The lowest BCUT2D eigenvalue weighted by Gasteiger charge is -2.27. The molecule has 2 rings (SSSR count). The molecular formula is C13H21N. The molecule has 1 aromatic heterocycles. The summed E-state index contributed by atoms with van der Waals surface area (Å²) in [6.45, 7) is 3.57. The van der Waals surface area contributed by atoms with E-state index in [0.29, 0.717) is 0 Å². The van der Waals surface area contributed by atoms with Crippen molar-refractivity contribution in [1.29, 1.82) is 0 Å². The molecule has 14 heavy (non-hydrogen) atoms. The third kappa shape index (κ3) is 2.40. The van der Waals surface area contributed by atoms with E-state index in [9.17, 15) is 0 Å². The van der Waals surface area contributed by atoms with Crippen LogP contribution in [-0.4, -0.2) is 4.57 Å². The summed E-state index contributed by atoms with van der Waals surface area (Å²) in [7, 11) is 0. The zero-order valence-corrected chi connectivity index (χ0v) is 9.15. The Morgan fingerprint density at radius 1 is 1.00 bits per heavy atom. The van der Waals surface area contributed by atoms with E-state index < -0.39 is 0 Å². The first kappa shape index (κ1) is 9.82. The first-order valence-electron chi connectivity index (χ1n) is 5.99. The molecule has 0 unspecified atom stereocenters. The van der Waals surface area contributed by atoms with Gasteiger partial charge >= 0.3 is 0 Å². The molecule has 78 valence electrons. The fourth-order valence-corrected chi connectivity index (χ4v) is 2.61. The van der Waals surface area contributed by atoms with Gasteiger partial charge in [-0.1, -0.05) is 26.2 Å². The maximum absolute atomic E-state index is 2.33. The molecule has 0 saturated heterocycles. The summed E-state index contributed by atoms with van der Waals surface area (Å²) >= 11 is 0. The Balaban J connectivity index is 1.79. The van der Waals surface area contributed by atoms with Gasteiger partial charge in [0.25, 0.3) is 0 Å². The van der Waals surface area contributed by atoms with Gasteiger partial charge in [-0.2, -0.15) is 0 Å². The molecule has 1 fully saturated rings. The molecule has 1 heteroatoms. The molecule has 1 nitrogen and oxygen atoms in total. The highest BCUT2D eigenvalue weighted by Crippen LogP contribution is 2.31. The van der Waals surface area contributed by atoms with E-state index in [1.54, 1.807) is 0 Å². The fraction of sp³-hybridized carbons (Fsp3) is 0.692. The van der Waals surface area contributed by atoms with Gasteiger partial charge in [0.1, 0.15) is 0 Å². The van der Waals surface area contributed by atoms with Crippen molar-refractivity contribution in [3.05, 3.63) is 24.5 Å². The van der Waals surface area contributed by atoms with Crippen LogP contribution in [0.25, 0.3) is 0 Å². The molecule has 1 heterocycles.